The molecule has 1 unspecified atom stereocenters. The molecule has 12 heavy (non-hydrogen) atoms. The van der Waals surface area contributed by atoms with Crippen molar-refractivity contribution in [3.63, 3.8) is 0 Å². The van der Waals surface area contributed by atoms with Crippen LogP contribution in [0.25, 0.3) is 0 Å². The number of thioether (sulfide) groups is 1. The maximum Gasteiger partial charge on any atom is 0.118 e. The van der Waals surface area contributed by atoms with Crippen LogP contribution in [0.4, 0.5) is 4.39 Å². The fourth-order valence-electron chi connectivity index (χ4n) is 2.23. The van der Waals surface area contributed by atoms with Crippen LogP contribution in [0.3, 0.4) is 0 Å². The Morgan fingerprint density at radius 1 is 1.33 bits per heavy atom. The monoisotopic (exact) mass is 189 g/mol. The summed E-state index contributed by atoms with van der Waals surface area (Å²) >= 11 is 1.96. The zero-order valence-corrected chi connectivity index (χ0v) is 8.13. The Hall–Kier alpha value is 0.240. The van der Waals surface area contributed by atoms with Gasteiger partial charge in [-0.1, -0.05) is 0 Å². The summed E-state index contributed by atoms with van der Waals surface area (Å²) in [7, 11) is 0. The molecule has 0 radical (unpaired) electrons. The highest BCUT2D eigenvalue weighted by atomic mass is 32.2. The van der Waals surface area contributed by atoms with Crippen LogP contribution in [0.15, 0.2) is 0 Å². The number of nitrogens with one attached hydrogen (secondary N) is 1. The predicted molar refractivity (Wildman–Crippen MR) is 51.4 cm³/mol. The molecule has 1 atom stereocenters. The first-order valence-corrected chi connectivity index (χ1v) is 5.96. The first-order valence-electron chi connectivity index (χ1n) is 4.80. The fourth-order valence-corrected chi connectivity index (χ4v) is 3.45. The average Bonchev–Trinajstić information content (AvgIpc) is 2.12. The maximum atomic E-state index is 13.7. The van der Waals surface area contributed by atoms with E-state index in [-0.39, 0.29) is 5.54 Å². The molecule has 2 fully saturated rings. The number of rotatable bonds is 0. The fraction of sp³-hybridized carbons (Fsp3) is 1.00. The van der Waals surface area contributed by atoms with Gasteiger partial charge >= 0.3 is 0 Å². The van der Waals surface area contributed by atoms with Crippen LogP contribution >= 0.6 is 11.8 Å². The summed E-state index contributed by atoms with van der Waals surface area (Å²) < 4.78 is 13.7. The summed E-state index contributed by atoms with van der Waals surface area (Å²) in [5.74, 6) is 2.26. The zero-order valence-electron chi connectivity index (χ0n) is 7.31. The van der Waals surface area contributed by atoms with Crippen LogP contribution in [0, 0.1) is 0 Å². The van der Waals surface area contributed by atoms with E-state index in [1.54, 1.807) is 0 Å². The first kappa shape index (κ1) is 8.82. The molecule has 0 saturated carbocycles. The normalized spacial score (nSPS) is 35.2. The molecule has 1 nitrogen and oxygen atoms in total. The van der Waals surface area contributed by atoms with Gasteiger partial charge in [-0.25, -0.2) is 4.39 Å². The van der Waals surface area contributed by atoms with E-state index in [4.69, 9.17) is 0 Å². The van der Waals surface area contributed by atoms with Gasteiger partial charge in [0.2, 0.25) is 0 Å². The molecule has 2 heterocycles. The lowest BCUT2D eigenvalue weighted by Crippen LogP contribution is -2.58. The zero-order chi connectivity index (χ0) is 8.44. The molecule has 70 valence electrons. The molecule has 2 aliphatic heterocycles. The highest BCUT2D eigenvalue weighted by Crippen LogP contribution is 2.35. The summed E-state index contributed by atoms with van der Waals surface area (Å²) in [5.41, 5.74) is -0.122. The third-order valence-electron chi connectivity index (χ3n) is 3.10. The molecular formula is C9H16FNS. The molecule has 2 aliphatic rings. The second-order valence-corrected chi connectivity index (χ2v) is 5.03. The lowest BCUT2D eigenvalue weighted by molar-refractivity contribution is 0.0983. The smallest absolute Gasteiger partial charge is 0.118 e. The Morgan fingerprint density at radius 2 is 2.08 bits per heavy atom. The van der Waals surface area contributed by atoms with Gasteiger partial charge in [0.05, 0.1) is 5.54 Å². The minimum Gasteiger partial charge on any atom is -0.309 e. The second kappa shape index (κ2) is 3.54. The van der Waals surface area contributed by atoms with E-state index in [0.717, 1.165) is 43.7 Å². The van der Waals surface area contributed by atoms with E-state index >= 15 is 0 Å². The largest absolute Gasteiger partial charge is 0.309 e. The van der Waals surface area contributed by atoms with Gasteiger partial charge in [0.1, 0.15) is 6.17 Å². The summed E-state index contributed by atoms with van der Waals surface area (Å²) in [6.45, 7) is 1.02. The van der Waals surface area contributed by atoms with Gasteiger partial charge in [0.25, 0.3) is 0 Å². The Labute approximate surface area is 77.5 Å². The van der Waals surface area contributed by atoms with E-state index in [9.17, 15) is 4.39 Å². The number of hydrogen-bond acceptors (Lipinski definition) is 2. The van der Waals surface area contributed by atoms with Gasteiger partial charge in [-0.05, 0) is 43.7 Å². The molecular weight excluding hydrogens is 173 g/mol. The van der Waals surface area contributed by atoms with Crippen molar-refractivity contribution in [1.82, 2.24) is 5.32 Å². The van der Waals surface area contributed by atoms with Gasteiger partial charge in [0.15, 0.2) is 0 Å². The summed E-state index contributed by atoms with van der Waals surface area (Å²) in [5, 5.41) is 3.40. The predicted octanol–water partition coefficient (Wildman–Crippen LogP) is 1.97. The van der Waals surface area contributed by atoms with Crippen molar-refractivity contribution in [2.75, 3.05) is 18.1 Å². The number of alkyl halides is 1. The standard InChI is InChI=1S/C9H16FNS/c10-8-2-1-5-11-9(8)3-6-12-7-4-9/h8,11H,1-7H2. The molecule has 3 heteroatoms. The van der Waals surface area contributed by atoms with E-state index < -0.39 is 6.17 Å². The topological polar surface area (TPSA) is 12.0 Å². The van der Waals surface area contributed by atoms with Crippen molar-refractivity contribution in [3.05, 3.63) is 0 Å². The quantitative estimate of drug-likeness (QED) is 0.625. The Morgan fingerprint density at radius 3 is 2.75 bits per heavy atom. The van der Waals surface area contributed by atoms with E-state index in [2.05, 4.69) is 5.32 Å². The lowest BCUT2D eigenvalue weighted by Gasteiger charge is -2.43. The highest BCUT2D eigenvalue weighted by molar-refractivity contribution is 7.99. The summed E-state index contributed by atoms with van der Waals surface area (Å²) in [4.78, 5) is 0. The van der Waals surface area contributed by atoms with Gasteiger partial charge in [-0.15, -0.1) is 0 Å². The molecule has 1 N–H and O–H groups in total. The molecule has 0 aromatic carbocycles. The van der Waals surface area contributed by atoms with Crippen LogP contribution in [0.1, 0.15) is 25.7 Å². The molecule has 0 aromatic heterocycles. The van der Waals surface area contributed by atoms with Crippen LogP contribution in [-0.4, -0.2) is 29.8 Å². The summed E-state index contributed by atoms with van der Waals surface area (Å²) in [6.07, 6.45) is 3.25. The molecule has 2 saturated heterocycles. The second-order valence-electron chi connectivity index (χ2n) is 3.81. The van der Waals surface area contributed by atoms with Crippen molar-refractivity contribution >= 4 is 11.8 Å². The van der Waals surface area contributed by atoms with Gasteiger partial charge in [-0.3, -0.25) is 0 Å². The Balaban J connectivity index is 2.04. The van der Waals surface area contributed by atoms with Crippen LogP contribution < -0.4 is 5.32 Å². The SMILES string of the molecule is FC1CCCNC12CCSCC2. The highest BCUT2D eigenvalue weighted by Gasteiger charge is 2.41. The van der Waals surface area contributed by atoms with E-state index in [1.165, 1.54) is 0 Å². The average molecular weight is 189 g/mol. The molecule has 0 aromatic rings. The van der Waals surface area contributed by atoms with Crippen molar-refractivity contribution in [2.24, 2.45) is 0 Å². The van der Waals surface area contributed by atoms with E-state index in [1.807, 2.05) is 11.8 Å². The van der Waals surface area contributed by atoms with Crippen molar-refractivity contribution in [3.8, 4) is 0 Å². The Kier molecular flexibility index (Phi) is 2.60. The number of halogens is 1. The third-order valence-corrected chi connectivity index (χ3v) is 4.08. The van der Waals surface area contributed by atoms with Gasteiger partial charge in [0, 0.05) is 0 Å². The van der Waals surface area contributed by atoms with E-state index in [0.29, 0.717) is 0 Å². The number of piperidine rings is 1. The minimum absolute atomic E-state index is 0.122. The van der Waals surface area contributed by atoms with Crippen molar-refractivity contribution in [1.29, 1.82) is 0 Å². The van der Waals surface area contributed by atoms with Crippen molar-refractivity contribution in [2.45, 2.75) is 37.4 Å². The van der Waals surface area contributed by atoms with Gasteiger partial charge < -0.3 is 5.32 Å². The maximum absolute atomic E-state index is 13.7. The van der Waals surface area contributed by atoms with Gasteiger partial charge in [-0.2, -0.15) is 11.8 Å². The molecule has 0 bridgehead atoms. The molecule has 0 aliphatic carbocycles. The van der Waals surface area contributed by atoms with Crippen LogP contribution in [0.2, 0.25) is 0 Å². The molecule has 1 spiro atoms. The number of hydrogen-bond donors (Lipinski definition) is 1. The molecule has 2 rings (SSSR count). The minimum atomic E-state index is -0.591. The Bertz CT molecular complexity index is 148. The first-order chi connectivity index (χ1) is 5.83. The van der Waals surface area contributed by atoms with Crippen LogP contribution in [0.5, 0.6) is 0 Å². The molecule has 0 amide bonds. The lowest BCUT2D eigenvalue weighted by atomic mass is 9.82. The van der Waals surface area contributed by atoms with Crippen molar-refractivity contribution < 1.29 is 4.39 Å². The summed E-state index contributed by atoms with van der Waals surface area (Å²) in [6, 6.07) is 0. The van der Waals surface area contributed by atoms with Crippen LogP contribution in [-0.2, 0) is 0 Å². The third kappa shape index (κ3) is 1.49.